The van der Waals surface area contributed by atoms with E-state index in [0.29, 0.717) is 22.9 Å². The number of hydrogen-bond acceptors (Lipinski definition) is 9. The van der Waals surface area contributed by atoms with Gasteiger partial charge in [-0.15, -0.1) is 10.2 Å². The quantitative estimate of drug-likeness (QED) is 0.538. The van der Waals surface area contributed by atoms with Crippen molar-refractivity contribution in [1.29, 1.82) is 0 Å². The summed E-state index contributed by atoms with van der Waals surface area (Å²) in [5, 5.41) is 7.67. The molecule has 1 saturated heterocycles. The van der Waals surface area contributed by atoms with Crippen LogP contribution in [0.4, 0.5) is 5.69 Å². The molecule has 2 aromatic heterocycles. The summed E-state index contributed by atoms with van der Waals surface area (Å²) in [6, 6.07) is 8.50. The Hall–Kier alpha value is -3.82. The first-order valence-corrected chi connectivity index (χ1v) is 9.14. The number of rotatable bonds is 7. The standard InChI is InChI=1S/C20H19N3O7/c1-26-13-5-6-14(16(9-13)27-2)23-10-12(8-18(23)24)20(25)29-11-17-21-22-19(30-17)15-4-3-7-28-15/h3-7,9,12H,8,10-11H2,1-2H3/t12-/m0/s1. The summed E-state index contributed by atoms with van der Waals surface area (Å²) in [4.78, 5) is 26.5. The third kappa shape index (κ3) is 3.84. The number of hydrogen-bond donors (Lipinski definition) is 0. The molecule has 1 amide bonds. The number of carbonyl (C=O) groups excluding carboxylic acids is 2. The highest BCUT2D eigenvalue weighted by molar-refractivity contribution is 6.00. The predicted molar refractivity (Wildman–Crippen MR) is 102 cm³/mol. The fourth-order valence-electron chi connectivity index (χ4n) is 3.17. The van der Waals surface area contributed by atoms with Crippen molar-refractivity contribution >= 4 is 17.6 Å². The van der Waals surface area contributed by atoms with Crippen LogP contribution in [0.2, 0.25) is 0 Å². The van der Waals surface area contributed by atoms with Gasteiger partial charge < -0.3 is 27.9 Å². The first kappa shape index (κ1) is 19.5. The van der Waals surface area contributed by atoms with Crippen LogP contribution < -0.4 is 14.4 Å². The molecule has 1 aromatic carbocycles. The van der Waals surface area contributed by atoms with Crippen molar-refractivity contribution in [3.63, 3.8) is 0 Å². The van der Waals surface area contributed by atoms with Crippen LogP contribution in [0.15, 0.2) is 45.4 Å². The lowest BCUT2D eigenvalue weighted by Gasteiger charge is -2.20. The molecular formula is C20H19N3O7. The Morgan fingerprint density at radius 2 is 2.10 bits per heavy atom. The Morgan fingerprint density at radius 1 is 1.23 bits per heavy atom. The Balaban J connectivity index is 1.39. The lowest BCUT2D eigenvalue weighted by Crippen LogP contribution is -2.26. The van der Waals surface area contributed by atoms with Crippen molar-refractivity contribution in [3.05, 3.63) is 42.5 Å². The van der Waals surface area contributed by atoms with Crippen LogP contribution in [0.3, 0.4) is 0 Å². The molecule has 3 aromatic rings. The summed E-state index contributed by atoms with van der Waals surface area (Å²) in [5.41, 5.74) is 0.568. The predicted octanol–water partition coefficient (Wildman–Crippen LogP) is 2.44. The van der Waals surface area contributed by atoms with Crippen LogP contribution in [0.5, 0.6) is 11.5 Å². The van der Waals surface area contributed by atoms with Gasteiger partial charge in [-0.2, -0.15) is 0 Å². The Bertz CT molecular complexity index is 1040. The Morgan fingerprint density at radius 3 is 2.83 bits per heavy atom. The third-order valence-corrected chi connectivity index (χ3v) is 4.67. The molecule has 10 heteroatoms. The zero-order valence-corrected chi connectivity index (χ0v) is 16.4. The monoisotopic (exact) mass is 413 g/mol. The van der Waals surface area contributed by atoms with Crippen LogP contribution in [0, 0.1) is 5.92 Å². The van der Waals surface area contributed by atoms with E-state index in [-0.39, 0.29) is 37.3 Å². The zero-order chi connectivity index (χ0) is 21.1. The van der Waals surface area contributed by atoms with E-state index in [2.05, 4.69) is 10.2 Å². The van der Waals surface area contributed by atoms with Crippen molar-refractivity contribution in [2.24, 2.45) is 5.92 Å². The SMILES string of the molecule is COc1ccc(N2C[C@@H](C(=O)OCc3nnc(-c4ccco4)o3)CC2=O)c(OC)c1. The lowest BCUT2D eigenvalue weighted by molar-refractivity contribution is -0.150. The number of aromatic nitrogens is 2. The number of methoxy groups -OCH3 is 2. The molecule has 3 heterocycles. The van der Waals surface area contributed by atoms with Gasteiger partial charge in [-0.1, -0.05) is 0 Å². The van der Waals surface area contributed by atoms with Gasteiger partial charge in [0.2, 0.25) is 5.91 Å². The summed E-state index contributed by atoms with van der Waals surface area (Å²) in [6.07, 6.45) is 1.52. The molecule has 0 N–H and O–H groups in total. The van der Waals surface area contributed by atoms with Gasteiger partial charge in [-0.25, -0.2) is 0 Å². The number of carbonyl (C=O) groups is 2. The topological polar surface area (TPSA) is 117 Å². The summed E-state index contributed by atoms with van der Waals surface area (Å²) in [5.74, 6) is 0.504. The first-order chi connectivity index (χ1) is 14.6. The molecule has 0 spiro atoms. The molecule has 156 valence electrons. The van der Waals surface area contributed by atoms with Crippen LogP contribution in [-0.4, -0.2) is 42.8 Å². The fourth-order valence-corrected chi connectivity index (χ4v) is 3.17. The minimum absolute atomic E-state index is 0.0372. The molecule has 30 heavy (non-hydrogen) atoms. The normalized spacial score (nSPS) is 16.0. The molecule has 1 fully saturated rings. The van der Waals surface area contributed by atoms with Crippen LogP contribution in [0.25, 0.3) is 11.7 Å². The van der Waals surface area contributed by atoms with E-state index >= 15 is 0 Å². The van der Waals surface area contributed by atoms with Crippen molar-refractivity contribution in [2.75, 3.05) is 25.7 Å². The molecule has 1 atom stereocenters. The van der Waals surface area contributed by atoms with Gasteiger partial charge in [0.05, 0.1) is 32.1 Å². The van der Waals surface area contributed by atoms with E-state index < -0.39 is 11.9 Å². The van der Waals surface area contributed by atoms with E-state index in [4.69, 9.17) is 23.0 Å². The zero-order valence-electron chi connectivity index (χ0n) is 16.4. The minimum Gasteiger partial charge on any atom is -0.497 e. The second-order valence-corrected chi connectivity index (χ2v) is 6.53. The highest BCUT2D eigenvalue weighted by atomic mass is 16.5. The number of amides is 1. The molecule has 0 unspecified atom stereocenters. The summed E-state index contributed by atoms with van der Waals surface area (Å²) >= 11 is 0. The van der Waals surface area contributed by atoms with Gasteiger partial charge in [-0.05, 0) is 24.3 Å². The maximum absolute atomic E-state index is 12.5. The van der Waals surface area contributed by atoms with Gasteiger partial charge in [0.1, 0.15) is 11.5 Å². The van der Waals surface area contributed by atoms with E-state index in [1.165, 1.54) is 18.3 Å². The van der Waals surface area contributed by atoms with Crippen molar-refractivity contribution in [1.82, 2.24) is 10.2 Å². The number of esters is 1. The summed E-state index contributed by atoms with van der Waals surface area (Å²) in [6.45, 7) is -0.00900. The fraction of sp³-hybridized carbons (Fsp3) is 0.300. The summed E-state index contributed by atoms with van der Waals surface area (Å²) in [7, 11) is 3.05. The number of ether oxygens (including phenoxy) is 3. The van der Waals surface area contributed by atoms with Gasteiger partial charge in [0, 0.05) is 19.0 Å². The molecule has 4 rings (SSSR count). The maximum atomic E-state index is 12.5. The van der Waals surface area contributed by atoms with Crippen LogP contribution in [0.1, 0.15) is 12.3 Å². The Labute approximate surface area is 171 Å². The van der Waals surface area contributed by atoms with E-state index in [0.717, 1.165) is 0 Å². The maximum Gasteiger partial charge on any atom is 0.311 e. The van der Waals surface area contributed by atoms with Crippen LogP contribution >= 0.6 is 0 Å². The lowest BCUT2D eigenvalue weighted by atomic mass is 10.1. The number of furan rings is 1. The van der Waals surface area contributed by atoms with E-state index in [1.54, 1.807) is 37.4 Å². The van der Waals surface area contributed by atoms with Gasteiger partial charge >= 0.3 is 5.97 Å². The molecule has 0 bridgehead atoms. The molecule has 0 saturated carbocycles. The Kier molecular flexibility index (Phi) is 5.38. The number of nitrogens with zero attached hydrogens (tertiary/aromatic N) is 3. The first-order valence-electron chi connectivity index (χ1n) is 9.14. The van der Waals surface area contributed by atoms with Gasteiger partial charge in [0.25, 0.3) is 11.8 Å². The second kappa shape index (κ2) is 8.27. The average molecular weight is 413 g/mol. The summed E-state index contributed by atoms with van der Waals surface area (Å²) < 4.78 is 26.4. The van der Waals surface area contributed by atoms with E-state index in [1.807, 2.05) is 0 Å². The van der Waals surface area contributed by atoms with Crippen molar-refractivity contribution in [2.45, 2.75) is 13.0 Å². The molecule has 0 aliphatic carbocycles. The van der Waals surface area contributed by atoms with Crippen LogP contribution in [-0.2, 0) is 20.9 Å². The number of anilines is 1. The second-order valence-electron chi connectivity index (χ2n) is 6.53. The molecular weight excluding hydrogens is 394 g/mol. The molecule has 1 aliphatic rings. The highest BCUT2D eigenvalue weighted by Crippen LogP contribution is 2.36. The third-order valence-electron chi connectivity index (χ3n) is 4.67. The molecule has 1 aliphatic heterocycles. The van der Waals surface area contributed by atoms with Crippen molar-refractivity contribution < 1.29 is 32.6 Å². The van der Waals surface area contributed by atoms with E-state index in [9.17, 15) is 9.59 Å². The highest BCUT2D eigenvalue weighted by Gasteiger charge is 2.37. The molecule has 0 radical (unpaired) electrons. The van der Waals surface area contributed by atoms with Gasteiger partial charge in [0.15, 0.2) is 12.4 Å². The van der Waals surface area contributed by atoms with Crippen molar-refractivity contribution in [3.8, 4) is 23.1 Å². The van der Waals surface area contributed by atoms with Gasteiger partial charge in [-0.3, -0.25) is 9.59 Å². The smallest absolute Gasteiger partial charge is 0.311 e. The average Bonchev–Trinajstić information content (AvgIpc) is 3.52. The number of benzene rings is 1. The minimum atomic E-state index is -0.614. The molecule has 10 nitrogen and oxygen atoms in total. The largest absolute Gasteiger partial charge is 0.497 e.